The number of aromatic hydroxyl groups is 1. The van der Waals surface area contributed by atoms with E-state index in [9.17, 15) is 9.90 Å². The highest BCUT2D eigenvalue weighted by Crippen LogP contribution is 2.21. The van der Waals surface area contributed by atoms with Crippen LogP contribution >= 0.6 is 0 Å². The molecule has 0 radical (unpaired) electrons. The highest BCUT2D eigenvalue weighted by atomic mass is 16.3. The smallest absolute Gasteiger partial charge is 0.227 e. The number of rotatable bonds is 4. The second kappa shape index (κ2) is 6.16. The van der Waals surface area contributed by atoms with E-state index in [0.717, 1.165) is 5.56 Å². The topological polar surface area (TPSA) is 88.2 Å². The molecule has 5 nitrogen and oxygen atoms in total. The zero-order chi connectivity index (χ0) is 14.5. The molecule has 20 heavy (non-hydrogen) atoms. The Bertz CT molecular complexity index is 599. The third-order valence-electron chi connectivity index (χ3n) is 2.90. The third kappa shape index (κ3) is 3.55. The molecule has 4 N–H and O–H groups in total. The van der Waals surface area contributed by atoms with Crippen molar-refractivity contribution in [2.24, 2.45) is 5.73 Å². The van der Waals surface area contributed by atoms with E-state index in [1.54, 1.807) is 13.0 Å². The zero-order valence-corrected chi connectivity index (χ0v) is 11.2. The molecule has 1 unspecified atom stereocenters. The average Bonchev–Trinajstić information content (AvgIpc) is 2.43. The predicted molar refractivity (Wildman–Crippen MR) is 77.3 cm³/mol. The van der Waals surface area contributed by atoms with Crippen LogP contribution in [-0.4, -0.2) is 16.0 Å². The van der Waals surface area contributed by atoms with Gasteiger partial charge in [-0.1, -0.05) is 30.3 Å². The molecule has 0 saturated heterocycles. The number of hydrogen-bond donors (Lipinski definition) is 3. The number of benzene rings is 1. The molecule has 1 aromatic heterocycles. The lowest BCUT2D eigenvalue weighted by atomic mass is 10.0. The van der Waals surface area contributed by atoms with Gasteiger partial charge in [0.1, 0.15) is 0 Å². The number of aromatic nitrogens is 1. The maximum absolute atomic E-state index is 11.9. The van der Waals surface area contributed by atoms with Crippen molar-refractivity contribution in [2.45, 2.75) is 19.4 Å². The van der Waals surface area contributed by atoms with Crippen molar-refractivity contribution in [2.75, 3.05) is 5.32 Å². The number of carbonyl (C=O) groups excluding carboxylic acids is 1. The van der Waals surface area contributed by atoms with Crippen molar-refractivity contribution in [3.63, 3.8) is 0 Å². The van der Waals surface area contributed by atoms with Crippen LogP contribution in [0, 0.1) is 6.92 Å². The van der Waals surface area contributed by atoms with Gasteiger partial charge in [-0.25, -0.2) is 4.98 Å². The minimum Gasteiger partial charge on any atom is -0.504 e. The molecule has 0 aliphatic carbocycles. The number of nitrogens with two attached hydrogens (primary N) is 1. The van der Waals surface area contributed by atoms with Gasteiger partial charge in [-0.15, -0.1) is 0 Å². The van der Waals surface area contributed by atoms with Crippen molar-refractivity contribution in [1.29, 1.82) is 0 Å². The van der Waals surface area contributed by atoms with Gasteiger partial charge in [0, 0.05) is 18.2 Å². The van der Waals surface area contributed by atoms with E-state index < -0.39 is 0 Å². The minimum atomic E-state index is -0.386. The first-order valence-electron chi connectivity index (χ1n) is 6.33. The molecule has 2 rings (SSSR count). The lowest BCUT2D eigenvalue weighted by molar-refractivity contribution is -0.116. The Morgan fingerprint density at radius 2 is 2.00 bits per heavy atom. The van der Waals surface area contributed by atoms with E-state index in [-0.39, 0.29) is 29.9 Å². The standard InChI is InChI=1S/C15H17N3O2/c1-10-7-8-13(19)15(17-10)18-14(20)9-12(16)11-5-3-2-4-6-11/h2-8,12,19H,9,16H2,1H3,(H,17,18,20). The molecule has 5 heteroatoms. The van der Waals surface area contributed by atoms with Gasteiger partial charge in [0.25, 0.3) is 0 Å². The van der Waals surface area contributed by atoms with Crippen molar-refractivity contribution < 1.29 is 9.90 Å². The normalized spacial score (nSPS) is 11.9. The Morgan fingerprint density at radius 1 is 1.30 bits per heavy atom. The second-order valence-corrected chi connectivity index (χ2v) is 4.59. The molecule has 0 bridgehead atoms. The van der Waals surface area contributed by atoms with Crippen molar-refractivity contribution in [3.8, 4) is 5.75 Å². The molecule has 0 fully saturated rings. The first kappa shape index (κ1) is 14.0. The molecular formula is C15H17N3O2. The lowest BCUT2D eigenvalue weighted by Gasteiger charge is -2.12. The number of carbonyl (C=O) groups is 1. The van der Waals surface area contributed by atoms with Crippen LogP contribution in [0.1, 0.15) is 23.7 Å². The van der Waals surface area contributed by atoms with Crippen LogP contribution in [0.2, 0.25) is 0 Å². The highest BCUT2D eigenvalue weighted by molar-refractivity contribution is 5.91. The Labute approximate surface area is 117 Å². The summed E-state index contributed by atoms with van der Waals surface area (Å²) in [5.41, 5.74) is 7.58. The number of anilines is 1. The van der Waals surface area contributed by atoms with E-state index in [2.05, 4.69) is 10.3 Å². The van der Waals surface area contributed by atoms with Gasteiger partial charge < -0.3 is 16.2 Å². The summed E-state index contributed by atoms with van der Waals surface area (Å²) in [7, 11) is 0. The largest absolute Gasteiger partial charge is 0.504 e. The number of pyridine rings is 1. The molecule has 104 valence electrons. The van der Waals surface area contributed by atoms with Crippen LogP contribution in [0.4, 0.5) is 5.82 Å². The molecule has 2 aromatic rings. The molecule has 1 heterocycles. The van der Waals surface area contributed by atoms with E-state index in [1.807, 2.05) is 30.3 Å². The van der Waals surface area contributed by atoms with Gasteiger partial charge in [0.05, 0.1) is 0 Å². The maximum atomic E-state index is 11.9. The fourth-order valence-corrected chi connectivity index (χ4v) is 1.84. The second-order valence-electron chi connectivity index (χ2n) is 4.59. The predicted octanol–water partition coefficient (Wildman–Crippen LogP) is 2.12. The van der Waals surface area contributed by atoms with Crippen LogP contribution in [0.3, 0.4) is 0 Å². The number of nitrogens with zero attached hydrogens (tertiary/aromatic N) is 1. The van der Waals surface area contributed by atoms with Crippen molar-refractivity contribution in [1.82, 2.24) is 4.98 Å². The fraction of sp³-hybridized carbons (Fsp3) is 0.200. The molecule has 1 amide bonds. The van der Waals surface area contributed by atoms with Gasteiger partial charge in [-0.2, -0.15) is 0 Å². The first-order valence-corrected chi connectivity index (χ1v) is 6.33. The van der Waals surface area contributed by atoms with Crippen LogP contribution in [0.5, 0.6) is 5.75 Å². The van der Waals surface area contributed by atoms with E-state index in [4.69, 9.17) is 5.73 Å². The van der Waals surface area contributed by atoms with Gasteiger partial charge >= 0.3 is 0 Å². The van der Waals surface area contributed by atoms with Crippen molar-refractivity contribution in [3.05, 3.63) is 53.7 Å². The Kier molecular flexibility index (Phi) is 4.32. The van der Waals surface area contributed by atoms with Gasteiger partial charge in [0.15, 0.2) is 11.6 Å². The van der Waals surface area contributed by atoms with Gasteiger partial charge in [-0.3, -0.25) is 4.79 Å². The Morgan fingerprint density at radius 3 is 2.70 bits per heavy atom. The number of hydrogen-bond acceptors (Lipinski definition) is 4. The summed E-state index contributed by atoms with van der Waals surface area (Å²) < 4.78 is 0. The Hall–Kier alpha value is -2.40. The SMILES string of the molecule is Cc1ccc(O)c(NC(=O)CC(N)c2ccccc2)n1. The summed E-state index contributed by atoms with van der Waals surface area (Å²) in [6.45, 7) is 1.78. The third-order valence-corrected chi connectivity index (χ3v) is 2.90. The molecule has 0 spiro atoms. The highest BCUT2D eigenvalue weighted by Gasteiger charge is 2.13. The summed E-state index contributed by atoms with van der Waals surface area (Å²) in [5, 5.41) is 12.2. The molecule has 1 aromatic carbocycles. The quantitative estimate of drug-likeness (QED) is 0.794. The van der Waals surface area contributed by atoms with Crippen LogP contribution < -0.4 is 11.1 Å². The summed E-state index contributed by atoms with van der Waals surface area (Å²) in [6, 6.07) is 12.2. The maximum Gasteiger partial charge on any atom is 0.227 e. The summed E-state index contributed by atoms with van der Waals surface area (Å²) in [5.74, 6) is -0.178. The molecule has 0 saturated carbocycles. The van der Waals surface area contributed by atoms with Crippen LogP contribution in [0.15, 0.2) is 42.5 Å². The summed E-state index contributed by atoms with van der Waals surface area (Å²) in [6.07, 6.45) is 0.124. The first-order chi connectivity index (χ1) is 9.56. The fourth-order valence-electron chi connectivity index (χ4n) is 1.84. The van der Waals surface area contributed by atoms with Gasteiger partial charge in [-0.05, 0) is 24.6 Å². The van der Waals surface area contributed by atoms with Crippen molar-refractivity contribution >= 4 is 11.7 Å². The lowest BCUT2D eigenvalue weighted by Crippen LogP contribution is -2.21. The molecular weight excluding hydrogens is 254 g/mol. The molecule has 1 atom stereocenters. The number of amides is 1. The summed E-state index contributed by atoms with van der Waals surface area (Å²) >= 11 is 0. The zero-order valence-electron chi connectivity index (χ0n) is 11.2. The Balaban J connectivity index is 2.01. The van der Waals surface area contributed by atoms with E-state index in [1.165, 1.54) is 6.07 Å². The van der Waals surface area contributed by atoms with E-state index in [0.29, 0.717) is 5.69 Å². The van der Waals surface area contributed by atoms with Crippen LogP contribution in [-0.2, 0) is 4.79 Å². The number of aryl methyl sites for hydroxylation is 1. The van der Waals surface area contributed by atoms with E-state index >= 15 is 0 Å². The monoisotopic (exact) mass is 271 g/mol. The van der Waals surface area contributed by atoms with Crippen LogP contribution in [0.25, 0.3) is 0 Å². The summed E-state index contributed by atoms with van der Waals surface area (Å²) in [4.78, 5) is 16.0. The minimum absolute atomic E-state index is 0.0581. The average molecular weight is 271 g/mol. The molecule has 0 aliphatic rings. The molecule has 0 aliphatic heterocycles. The number of nitrogens with one attached hydrogen (secondary N) is 1. The van der Waals surface area contributed by atoms with Gasteiger partial charge in [0.2, 0.25) is 5.91 Å².